The van der Waals surface area contributed by atoms with E-state index in [1.165, 1.54) is 3.57 Å². The second kappa shape index (κ2) is 5.87. The van der Waals surface area contributed by atoms with Crippen LogP contribution in [0.15, 0.2) is 60.8 Å². The quantitative estimate of drug-likeness (QED) is 0.419. The van der Waals surface area contributed by atoms with Crippen LogP contribution < -0.4 is 11.3 Å². The van der Waals surface area contributed by atoms with E-state index in [2.05, 4.69) is 63.3 Å². The zero-order valence-electron chi connectivity index (χ0n) is 10.8. The monoisotopic (exact) mass is 375 g/mol. The number of benzene rings is 2. The first-order valence-electron chi connectivity index (χ1n) is 6.34. The highest BCUT2D eigenvalue weighted by molar-refractivity contribution is 14.1. The van der Waals surface area contributed by atoms with Crippen LogP contribution in [0, 0.1) is 3.57 Å². The number of halogens is 1. The lowest BCUT2D eigenvalue weighted by atomic mass is 9.99. The number of nitrogens with zero attached hydrogens (tertiary/aromatic N) is 1. The Morgan fingerprint density at radius 3 is 2.65 bits per heavy atom. The van der Waals surface area contributed by atoms with Gasteiger partial charge in [0.25, 0.3) is 0 Å². The van der Waals surface area contributed by atoms with E-state index in [0.29, 0.717) is 0 Å². The maximum absolute atomic E-state index is 5.75. The number of aromatic nitrogens is 1. The molecule has 3 nitrogen and oxygen atoms in total. The summed E-state index contributed by atoms with van der Waals surface area (Å²) in [6.45, 7) is 0. The van der Waals surface area contributed by atoms with Gasteiger partial charge in [0.05, 0.1) is 11.6 Å². The third kappa shape index (κ3) is 2.67. The summed E-state index contributed by atoms with van der Waals surface area (Å²) in [7, 11) is 0. The normalized spacial score (nSPS) is 12.5. The van der Waals surface area contributed by atoms with Gasteiger partial charge in [-0.2, -0.15) is 0 Å². The maximum Gasteiger partial charge on any atom is 0.0725 e. The molecule has 3 aromatic rings. The standard InChI is InChI=1S/C16H14IN3/c17-14-6-3-5-12(9-14)16(20-18)13-8-11-4-1-2-7-15(11)19-10-13/h1-10,16,20H,18H2. The van der Waals surface area contributed by atoms with Crippen molar-refractivity contribution >= 4 is 33.5 Å². The van der Waals surface area contributed by atoms with Crippen molar-refractivity contribution < 1.29 is 0 Å². The molecular weight excluding hydrogens is 361 g/mol. The molecule has 0 bridgehead atoms. The van der Waals surface area contributed by atoms with Crippen molar-refractivity contribution in [2.75, 3.05) is 0 Å². The van der Waals surface area contributed by atoms with Crippen LogP contribution in [-0.4, -0.2) is 4.98 Å². The van der Waals surface area contributed by atoms with Crippen LogP contribution in [0.2, 0.25) is 0 Å². The number of para-hydroxylation sites is 1. The smallest absolute Gasteiger partial charge is 0.0725 e. The van der Waals surface area contributed by atoms with Crippen LogP contribution in [0.5, 0.6) is 0 Å². The maximum atomic E-state index is 5.75. The molecule has 0 aliphatic rings. The van der Waals surface area contributed by atoms with E-state index in [0.717, 1.165) is 22.0 Å². The fourth-order valence-electron chi connectivity index (χ4n) is 2.32. The molecule has 0 amide bonds. The molecule has 2 aromatic carbocycles. The molecule has 0 aliphatic carbocycles. The summed E-state index contributed by atoms with van der Waals surface area (Å²) in [5, 5.41) is 1.12. The summed E-state index contributed by atoms with van der Waals surface area (Å²) in [5.74, 6) is 5.75. The van der Waals surface area contributed by atoms with Crippen LogP contribution in [-0.2, 0) is 0 Å². The lowest BCUT2D eigenvalue weighted by molar-refractivity contribution is 0.635. The lowest BCUT2D eigenvalue weighted by Gasteiger charge is -2.17. The number of fused-ring (bicyclic) bond motifs is 1. The average Bonchev–Trinajstić information content (AvgIpc) is 2.48. The second-order valence-electron chi connectivity index (χ2n) is 4.62. The van der Waals surface area contributed by atoms with Crippen molar-refractivity contribution in [3.63, 3.8) is 0 Å². The number of hydrogen-bond acceptors (Lipinski definition) is 3. The molecule has 0 fully saturated rings. The number of pyridine rings is 1. The molecule has 3 N–H and O–H groups in total. The number of nitrogens with two attached hydrogens (primary N) is 1. The molecule has 4 heteroatoms. The van der Waals surface area contributed by atoms with Crippen molar-refractivity contribution in [2.24, 2.45) is 5.84 Å². The molecule has 0 spiro atoms. The fraction of sp³-hybridized carbons (Fsp3) is 0.0625. The van der Waals surface area contributed by atoms with Gasteiger partial charge in [0, 0.05) is 15.2 Å². The van der Waals surface area contributed by atoms with E-state index in [1.807, 2.05) is 30.5 Å². The van der Waals surface area contributed by atoms with Crippen molar-refractivity contribution in [2.45, 2.75) is 6.04 Å². The van der Waals surface area contributed by atoms with Gasteiger partial charge < -0.3 is 0 Å². The van der Waals surface area contributed by atoms with E-state index in [1.54, 1.807) is 0 Å². The molecule has 1 aromatic heterocycles. The lowest BCUT2D eigenvalue weighted by Crippen LogP contribution is -2.29. The van der Waals surface area contributed by atoms with Crippen molar-refractivity contribution in [3.8, 4) is 0 Å². The Morgan fingerprint density at radius 2 is 1.85 bits per heavy atom. The first kappa shape index (κ1) is 13.5. The molecule has 0 saturated carbocycles. The van der Waals surface area contributed by atoms with Crippen molar-refractivity contribution in [1.82, 2.24) is 10.4 Å². The van der Waals surface area contributed by atoms with Gasteiger partial charge in [-0.25, -0.2) is 5.43 Å². The Kier molecular flexibility index (Phi) is 3.95. The molecular formula is C16H14IN3. The molecule has 20 heavy (non-hydrogen) atoms. The average molecular weight is 375 g/mol. The largest absolute Gasteiger partial charge is 0.271 e. The van der Waals surface area contributed by atoms with E-state index in [9.17, 15) is 0 Å². The van der Waals surface area contributed by atoms with Gasteiger partial charge in [0.2, 0.25) is 0 Å². The zero-order valence-corrected chi connectivity index (χ0v) is 12.9. The molecule has 1 heterocycles. The van der Waals surface area contributed by atoms with Gasteiger partial charge in [-0.15, -0.1) is 0 Å². The summed E-state index contributed by atoms with van der Waals surface area (Å²) in [4.78, 5) is 4.50. The summed E-state index contributed by atoms with van der Waals surface area (Å²) in [6.07, 6.45) is 1.88. The Balaban J connectivity index is 2.07. The fourth-order valence-corrected chi connectivity index (χ4v) is 2.88. The van der Waals surface area contributed by atoms with E-state index < -0.39 is 0 Å². The summed E-state index contributed by atoms with van der Waals surface area (Å²) >= 11 is 2.30. The van der Waals surface area contributed by atoms with E-state index in [4.69, 9.17) is 5.84 Å². The number of rotatable bonds is 3. The Bertz CT molecular complexity index is 742. The molecule has 100 valence electrons. The third-order valence-electron chi connectivity index (χ3n) is 3.29. The zero-order chi connectivity index (χ0) is 13.9. The Morgan fingerprint density at radius 1 is 1.00 bits per heavy atom. The second-order valence-corrected chi connectivity index (χ2v) is 5.86. The van der Waals surface area contributed by atoms with Crippen LogP contribution >= 0.6 is 22.6 Å². The first-order valence-corrected chi connectivity index (χ1v) is 7.42. The highest BCUT2D eigenvalue weighted by Gasteiger charge is 2.13. The third-order valence-corrected chi connectivity index (χ3v) is 3.96. The topological polar surface area (TPSA) is 50.9 Å². The van der Waals surface area contributed by atoms with Crippen molar-refractivity contribution in [1.29, 1.82) is 0 Å². The highest BCUT2D eigenvalue weighted by Crippen LogP contribution is 2.24. The summed E-state index contributed by atoms with van der Waals surface area (Å²) in [6, 6.07) is 18.5. The van der Waals surface area contributed by atoms with Gasteiger partial charge in [-0.1, -0.05) is 30.3 Å². The van der Waals surface area contributed by atoms with Crippen LogP contribution in [0.1, 0.15) is 17.2 Å². The van der Waals surface area contributed by atoms with Gasteiger partial charge >= 0.3 is 0 Å². The SMILES string of the molecule is NNC(c1cccc(I)c1)c1cnc2ccccc2c1. The van der Waals surface area contributed by atoms with Gasteiger partial charge in [-0.3, -0.25) is 10.8 Å². The minimum atomic E-state index is -0.0539. The number of hydrogen-bond donors (Lipinski definition) is 2. The van der Waals surface area contributed by atoms with Gasteiger partial charge in [-0.05, 0) is 58.0 Å². The molecule has 0 radical (unpaired) electrons. The van der Waals surface area contributed by atoms with E-state index >= 15 is 0 Å². The molecule has 3 rings (SSSR count). The van der Waals surface area contributed by atoms with Gasteiger partial charge in [0.1, 0.15) is 0 Å². The van der Waals surface area contributed by atoms with Crippen LogP contribution in [0.4, 0.5) is 0 Å². The molecule has 0 aliphatic heterocycles. The highest BCUT2D eigenvalue weighted by atomic mass is 127. The first-order chi connectivity index (χ1) is 9.78. The van der Waals surface area contributed by atoms with E-state index in [-0.39, 0.29) is 6.04 Å². The summed E-state index contributed by atoms with van der Waals surface area (Å²) < 4.78 is 1.19. The molecule has 1 unspecified atom stereocenters. The number of hydrazine groups is 1. The van der Waals surface area contributed by atoms with Crippen LogP contribution in [0.25, 0.3) is 10.9 Å². The molecule has 1 atom stereocenters. The van der Waals surface area contributed by atoms with Crippen LogP contribution in [0.3, 0.4) is 0 Å². The van der Waals surface area contributed by atoms with Crippen molar-refractivity contribution in [3.05, 3.63) is 75.5 Å². The number of nitrogens with one attached hydrogen (secondary N) is 1. The predicted octanol–water partition coefficient (Wildman–Crippen LogP) is 3.39. The van der Waals surface area contributed by atoms with Gasteiger partial charge in [0.15, 0.2) is 0 Å². The molecule has 0 saturated heterocycles. The Hall–Kier alpha value is -1.50. The predicted molar refractivity (Wildman–Crippen MR) is 90.1 cm³/mol. The minimum Gasteiger partial charge on any atom is -0.271 e. The Labute approximate surface area is 131 Å². The minimum absolute atomic E-state index is 0.0539. The summed E-state index contributed by atoms with van der Waals surface area (Å²) in [5.41, 5.74) is 6.08.